The van der Waals surface area contributed by atoms with E-state index in [-0.39, 0.29) is 12.6 Å². The molecule has 0 radical (unpaired) electrons. The number of nitrogens with one attached hydrogen (secondary N) is 2. The third kappa shape index (κ3) is 4.67. The van der Waals surface area contributed by atoms with Crippen molar-refractivity contribution in [2.24, 2.45) is 0 Å². The van der Waals surface area contributed by atoms with Gasteiger partial charge in [-0.3, -0.25) is 0 Å². The van der Waals surface area contributed by atoms with Crippen molar-refractivity contribution >= 4 is 17.6 Å². The molecule has 0 aliphatic carbocycles. The number of hydrogen-bond donors (Lipinski definition) is 3. The maximum atomic E-state index is 11.8. The van der Waals surface area contributed by atoms with E-state index in [2.05, 4.69) is 20.8 Å². The molecule has 2 aromatic rings. The van der Waals surface area contributed by atoms with Crippen LogP contribution in [0.15, 0.2) is 28.8 Å². The fraction of sp³-hybridized carbons (Fsp3) is 0.400. The zero-order valence-corrected chi connectivity index (χ0v) is 13.7. The van der Waals surface area contributed by atoms with Crippen LogP contribution in [0.4, 0.5) is 4.79 Å². The summed E-state index contributed by atoms with van der Waals surface area (Å²) < 4.78 is 5.20. The maximum Gasteiger partial charge on any atom is 0.315 e. The number of rotatable bonds is 6. The summed E-state index contributed by atoms with van der Waals surface area (Å²) in [6.07, 6.45) is 0.640. The minimum absolute atomic E-state index is 0.110. The van der Waals surface area contributed by atoms with Gasteiger partial charge in [-0.1, -0.05) is 23.7 Å². The number of urea groups is 1. The van der Waals surface area contributed by atoms with Crippen LogP contribution in [0.3, 0.4) is 0 Å². The van der Waals surface area contributed by atoms with Gasteiger partial charge >= 0.3 is 6.03 Å². The van der Waals surface area contributed by atoms with E-state index in [1.54, 1.807) is 31.2 Å². The average Bonchev–Trinajstić information content (AvgIpc) is 3.03. The van der Waals surface area contributed by atoms with Gasteiger partial charge in [0.05, 0.1) is 18.7 Å². The predicted molar refractivity (Wildman–Crippen MR) is 86.0 cm³/mol. The SMILES string of the molecule is CCC(CO)NC(=O)NC(C)c1noc(-c2ccc(Cl)cc2)n1. The number of aliphatic hydroxyl groups excluding tert-OH is 1. The van der Waals surface area contributed by atoms with Gasteiger partial charge in [-0.15, -0.1) is 0 Å². The fourth-order valence-corrected chi connectivity index (χ4v) is 2.01. The number of hydrogen-bond acceptors (Lipinski definition) is 5. The quantitative estimate of drug-likeness (QED) is 0.751. The number of benzene rings is 1. The van der Waals surface area contributed by atoms with Crippen LogP contribution in [-0.2, 0) is 0 Å². The summed E-state index contributed by atoms with van der Waals surface area (Å²) in [5, 5.41) is 18.9. The van der Waals surface area contributed by atoms with E-state index in [9.17, 15) is 4.79 Å². The van der Waals surface area contributed by atoms with Crippen LogP contribution >= 0.6 is 11.6 Å². The van der Waals surface area contributed by atoms with Crippen LogP contribution in [0.5, 0.6) is 0 Å². The zero-order valence-electron chi connectivity index (χ0n) is 12.9. The lowest BCUT2D eigenvalue weighted by Gasteiger charge is -2.16. The minimum atomic E-state index is -0.434. The molecule has 1 aromatic heterocycles. The van der Waals surface area contributed by atoms with Crippen molar-refractivity contribution < 1.29 is 14.4 Å². The molecule has 2 amide bonds. The molecule has 0 bridgehead atoms. The first kappa shape index (κ1) is 17.2. The normalized spacial score (nSPS) is 13.4. The molecular weight excluding hydrogens is 320 g/mol. The Bertz CT molecular complexity index is 640. The smallest absolute Gasteiger partial charge is 0.315 e. The van der Waals surface area contributed by atoms with E-state index in [4.69, 9.17) is 21.2 Å². The molecule has 124 valence electrons. The molecule has 0 fully saturated rings. The Hall–Kier alpha value is -2.12. The minimum Gasteiger partial charge on any atom is -0.394 e. The lowest BCUT2D eigenvalue weighted by Crippen LogP contribution is -2.44. The predicted octanol–water partition coefficient (Wildman–Crippen LogP) is 2.52. The second-order valence-electron chi connectivity index (χ2n) is 5.09. The van der Waals surface area contributed by atoms with E-state index >= 15 is 0 Å². The van der Waals surface area contributed by atoms with Gasteiger partial charge in [-0.05, 0) is 37.6 Å². The Balaban J connectivity index is 1.99. The molecule has 2 unspecified atom stereocenters. The van der Waals surface area contributed by atoms with E-state index in [0.29, 0.717) is 23.2 Å². The Morgan fingerprint density at radius 3 is 2.65 bits per heavy atom. The van der Waals surface area contributed by atoms with Gasteiger partial charge in [0, 0.05) is 10.6 Å². The van der Waals surface area contributed by atoms with Crippen molar-refractivity contribution in [3.63, 3.8) is 0 Å². The first-order valence-electron chi connectivity index (χ1n) is 7.31. The largest absolute Gasteiger partial charge is 0.394 e. The highest BCUT2D eigenvalue weighted by Gasteiger charge is 2.18. The first-order chi connectivity index (χ1) is 11.0. The van der Waals surface area contributed by atoms with Gasteiger partial charge in [0.1, 0.15) is 0 Å². The highest BCUT2D eigenvalue weighted by molar-refractivity contribution is 6.30. The Morgan fingerprint density at radius 2 is 2.04 bits per heavy atom. The summed E-state index contributed by atoms with van der Waals surface area (Å²) in [5.41, 5.74) is 0.746. The van der Waals surface area contributed by atoms with E-state index < -0.39 is 12.1 Å². The standard InChI is InChI=1S/C15H19ClN4O3/c1-3-12(8-21)18-15(22)17-9(2)13-19-14(23-20-13)10-4-6-11(16)7-5-10/h4-7,9,12,21H,3,8H2,1-2H3,(H2,17,18,22). The summed E-state index contributed by atoms with van der Waals surface area (Å²) in [5.74, 6) is 0.717. The maximum absolute atomic E-state index is 11.8. The second kappa shape index (κ2) is 7.94. The summed E-state index contributed by atoms with van der Waals surface area (Å²) in [6, 6.07) is 5.91. The molecule has 1 aromatic carbocycles. The number of carbonyl (C=O) groups excluding carboxylic acids is 1. The fourth-order valence-electron chi connectivity index (χ4n) is 1.89. The van der Waals surface area contributed by atoms with Crippen LogP contribution in [0.1, 0.15) is 32.1 Å². The number of aliphatic hydroxyl groups is 1. The molecule has 0 aliphatic rings. The number of halogens is 1. The van der Waals surface area contributed by atoms with Gasteiger partial charge in [0.2, 0.25) is 0 Å². The molecule has 3 N–H and O–H groups in total. The van der Waals surface area contributed by atoms with Gasteiger partial charge in [-0.25, -0.2) is 4.79 Å². The number of nitrogens with zero attached hydrogens (tertiary/aromatic N) is 2. The molecule has 2 rings (SSSR count). The topological polar surface area (TPSA) is 100 Å². The molecule has 7 nitrogen and oxygen atoms in total. The van der Waals surface area contributed by atoms with Crippen molar-refractivity contribution in [3.8, 4) is 11.5 Å². The molecule has 0 spiro atoms. The second-order valence-corrected chi connectivity index (χ2v) is 5.53. The highest BCUT2D eigenvalue weighted by atomic mass is 35.5. The number of carbonyl (C=O) groups is 1. The summed E-state index contributed by atoms with van der Waals surface area (Å²) in [7, 11) is 0. The van der Waals surface area contributed by atoms with E-state index in [0.717, 1.165) is 5.56 Å². The van der Waals surface area contributed by atoms with Gasteiger partial charge in [0.25, 0.3) is 5.89 Å². The first-order valence-corrected chi connectivity index (χ1v) is 7.68. The van der Waals surface area contributed by atoms with E-state index in [1.807, 2.05) is 6.92 Å². The van der Waals surface area contributed by atoms with Crippen molar-refractivity contribution in [3.05, 3.63) is 35.1 Å². The molecule has 23 heavy (non-hydrogen) atoms. The summed E-state index contributed by atoms with van der Waals surface area (Å²) in [4.78, 5) is 16.1. The van der Waals surface area contributed by atoms with Crippen molar-refractivity contribution in [1.29, 1.82) is 0 Å². The summed E-state index contributed by atoms with van der Waals surface area (Å²) >= 11 is 5.84. The molecule has 0 aliphatic heterocycles. The van der Waals surface area contributed by atoms with Crippen molar-refractivity contribution in [2.45, 2.75) is 32.4 Å². The Labute approximate surface area is 139 Å². The Kier molecular flexibility index (Phi) is 5.95. The van der Waals surface area contributed by atoms with Crippen LogP contribution < -0.4 is 10.6 Å². The van der Waals surface area contributed by atoms with Crippen LogP contribution in [0.25, 0.3) is 11.5 Å². The Morgan fingerprint density at radius 1 is 1.35 bits per heavy atom. The van der Waals surface area contributed by atoms with Crippen LogP contribution in [-0.4, -0.2) is 33.9 Å². The summed E-state index contributed by atoms with van der Waals surface area (Å²) in [6.45, 7) is 3.51. The lowest BCUT2D eigenvalue weighted by atomic mass is 10.2. The molecule has 8 heteroatoms. The van der Waals surface area contributed by atoms with Gasteiger partial charge in [-0.2, -0.15) is 4.98 Å². The lowest BCUT2D eigenvalue weighted by molar-refractivity contribution is 0.212. The molecule has 1 heterocycles. The van der Waals surface area contributed by atoms with Crippen molar-refractivity contribution in [1.82, 2.24) is 20.8 Å². The third-order valence-electron chi connectivity index (χ3n) is 3.32. The van der Waals surface area contributed by atoms with Crippen molar-refractivity contribution in [2.75, 3.05) is 6.61 Å². The van der Waals surface area contributed by atoms with Gasteiger partial charge in [0.15, 0.2) is 5.82 Å². The number of amides is 2. The van der Waals surface area contributed by atoms with E-state index in [1.165, 1.54) is 0 Å². The average molecular weight is 339 g/mol. The highest BCUT2D eigenvalue weighted by Crippen LogP contribution is 2.21. The molecular formula is C15H19ClN4O3. The zero-order chi connectivity index (χ0) is 16.8. The number of aromatic nitrogens is 2. The monoisotopic (exact) mass is 338 g/mol. The van der Waals surface area contributed by atoms with Crippen LogP contribution in [0.2, 0.25) is 5.02 Å². The molecule has 0 saturated carbocycles. The molecule has 0 saturated heterocycles. The van der Waals surface area contributed by atoms with Crippen LogP contribution in [0, 0.1) is 0 Å². The third-order valence-corrected chi connectivity index (χ3v) is 3.57. The molecule has 2 atom stereocenters. The van der Waals surface area contributed by atoms with Gasteiger partial charge < -0.3 is 20.3 Å².